The average molecular weight is 243 g/mol. The van der Waals surface area contributed by atoms with Crippen LogP contribution in [0.2, 0.25) is 0 Å². The Kier molecular flexibility index (Phi) is 3.86. The molecule has 0 saturated heterocycles. The summed E-state index contributed by atoms with van der Waals surface area (Å²) in [4.78, 5) is 19.4. The molecule has 5 heteroatoms. The molecule has 5 nitrogen and oxygen atoms in total. The Labute approximate surface area is 105 Å². The average Bonchev–Trinajstić information content (AvgIpc) is 2.46. The van der Waals surface area contributed by atoms with Gasteiger partial charge in [0.1, 0.15) is 5.82 Å². The van der Waals surface area contributed by atoms with Crippen molar-refractivity contribution in [1.82, 2.24) is 9.97 Å². The molecule has 1 heterocycles. The van der Waals surface area contributed by atoms with Crippen LogP contribution in [0.25, 0.3) is 0 Å². The predicted octanol–water partition coefficient (Wildman–Crippen LogP) is 1.88. The number of para-hydroxylation sites is 1. The molecule has 2 rings (SSSR count). The van der Waals surface area contributed by atoms with E-state index in [4.69, 9.17) is 0 Å². The van der Waals surface area contributed by atoms with Gasteiger partial charge in [-0.25, -0.2) is 14.8 Å². The first-order chi connectivity index (χ1) is 8.79. The number of nitrogens with zero attached hydrogens (tertiary/aromatic N) is 2. The van der Waals surface area contributed by atoms with Crippen LogP contribution in [0.5, 0.6) is 0 Å². The zero-order chi connectivity index (χ0) is 12.8. The summed E-state index contributed by atoms with van der Waals surface area (Å²) in [5.41, 5.74) is 1.35. The van der Waals surface area contributed by atoms with Gasteiger partial charge in [-0.05, 0) is 12.1 Å². The number of carbonyl (C=O) groups is 1. The highest BCUT2D eigenvalue weighted by atomic mass is 16.5. The van der Waals surface area contributed by atoms with Crippen molar-refractivity contribution in [3.8, 4) is 0 Å². The van der Waals surface area contributed by atoms with Gasteiger partial charge >= 0.3 is 5.97 Å². The van der Waals surface area contributed by atoms with Crippen LogP contribution >= 0.6 is 0 Å². The Morgan fingerprint density at radius 3 is 2.50 bits per heavy atom. The lowest BCUT2D eigenvalue weighted by Crippen LogP contribution is -2.07. The summed E-state index contributed by atoms with van der Waals surface area (Å²) in [5.74, 6) is 0.184. The lowest BCUT2D eigenvalue weighted by Gasteiger charge is -2.05. The van der Waals surface area contributed by atoms with E-state index in [1.54, 1.807) is 0 Å². The molecule has 0 bridgehead atoms. The standard InChI is InChI=1S/C13H13N3O2/c1-18-13(17)10-7-15-12(16-8-10)9-14-11-5-3-2-4-6-11/h2-8,14H,9H2,1H3. The number of nitrogens with one attached hydrogen (secondary N) is 1. The zero-order valence-electron chi connectivity index (χ0n) is 9.96. The second kappa shape index (κ2) is 5.77. The molecular weight excluding hydrogens is 230 g/mol. The maximum atomic E-state index is 11.2. The molecule has 0 spiro atoms. The van der Waals surface area contributed by atoms with E-state index in [-0.39, 0.29) is 0 Å². The van der Waals surface area contributed by atoms with Crippen LogP contribution in [-0.4, -0.2) is 23.0 Å². The van der Waals surface area contributed by atoms with Gasteiger partial charge in [-0.3, -0.25) is 0 Å². The van der Waals surface area contributed by atoms with E-state index in [2.05, 4.69) is 20.0 Å². The molecule has 1 aromatic carbocycles. The Balaban J connectivity index is 1.97. The molecule has 92 valence electrons. The van der Waals surface area contributed by atoms with E-state index in [1.165, 1.54) is 19.5 Å². The molecule has 1 aromatic heterocycles. The van der Waals surface area contributed by atoms with Gasteiger partial charge in [-0.15, -0.1) is 0 Å². The molecule has 0 saturated carbocycles. The van der Waals surface area contributed by atoms with Gasteiger partial charge in [0, 0.05) is 18.1 Å². The third kappa shape index (κ3) is 3.04. The van der Waals surface area contributed by atoms with Crippen LogP contribution < -0.4 is 5.32 Å². The largest absolute Gasteiger partial charge is 0.465 e. The molecule has 0 aliphatic rings. The first kappa shape index (κ1) is 12.0. The molecule has 0 fully saturated rings. The van der Waals surface area contributed by atoms with Crippen LogP contribution in [0.3, 0.4) is 0 Å². The molecule has 18 heavy (non-hydrogen) atoms. The van der Waals surface area contributed by atoms with Crippen molar-refractivity contribution < 1.29 is 9.53 Å². The summed E-state index contributed by atoms with van der Waals surface area (Å²) >= 11 is 0. The maximum Gasteiger partial charge on any atom is 0.341 e. The van der Waals surface area contributed by atoms with E-state index in [0.29, 0.717) is 17.9 Å². The first-order valence-corrected chi connectivity index (χ1v) is 5.48. The number of anilines is 1. The van der Waals surface area contributed by atoms with Crippen LogP contribution in [0.1, 0.15) is 16.2 Å². The predicted molar refractivity (Wildman–Crippen MR) is 67.1 cm³/mol. The second-order valence-electron chi connectivity index (χ2n) is 3.60. The Hall–Kier alpha value is -2.43. The summed E-state index contributed by atoms with van der Waals surface area (Å²) in [6, 6.07) is 9.77. The fourth-order valence-electron chi connectivity index (χ4n) is 1.41. The molecule has 2 aromatic rings. The lowest BCUT2D eigenvalue weighted by atomic mass is 10.3. The van der Waals surface area contributed by atoms with Gasteiger partial charge < -0.3 is 10.1 Å². The number of hydrogen-bond acceptors (Lipinski definition) is 5. The van der Waals surface area contributed by atoms with Crippen molar-refractivity contribution in [1.29, 1.82) is 0 Å². The van der Waals surface area contributed by atoms with Gasteiger partial charge in [0.2, 0.25) is 0 Å². The number of benzene rings is 1. The van der Waals surface area contributed by atoms with E-state index in [1.807, 2.05) is 30.3 Å². The topological polar surface area (TPSA) is 64.1 Å². The fraction of sp³-hybridized carbons (Fsp3) is 0.154. The van der Waals surface area contributed by atoms with Gasteiger partial charge in [0.05, 0.1) is 19.2 Å². The van der Waals surface area contributed by atoms with Crippen LogP contribution in [0, 0.1) is 0 Å². The summed E-state index contributed by atoms with van der Waals surface area (Å²) in [6.07, 6.45) is 2.92. The third-order valence-electron chi connectivity index (χ3n) is 2.35. The molecule has 0 radical (unpaired) electrons. The van der Waals surface area contributed by atoms with Crippen molar-refractivity contribution in [3.05, 3.63) is 54.1 Å². The van der Waals surface area contributed by atoms with Gasteiger partial charge in [0.25, 0.3) is 0 Å². The molecule has 0 aliphatic heterocycles. The van der Waals surface area contributed by atoms with Crippen LogP contribution in [0.15, 0.2) is 42.7 Å². The summed E-state index contributed by atoms with van der Waals surface area (Å²) in [5, 5.41) is 3.18. The fourth-order valence-corrected chi connectivity index (χ4v) is 1.41. The normalized spacial score (nSPS) is 9.83. The number of ether oxygens (including phenoxy) is 1. The number of hydrogen-bond donors (Lipinski definition) is 1. The van der Waals surface area contributed by atoms with Crippen molar-refractivity contribution in [3.63, 3.8) is 0 Å². The van der Waals surface area contributed by atoms with Gasteiger partial charge in [0.15, 0.2) is 0 Å². The molecule has 0 aliphatic carbocycles. The molecule has 0 unspecified atom stereocenters. The zero-order valence-corrected chi connectivity index (χ0v) is 9.96. The molecule has 0 atom stereocenters. The van der Waals surface area contributed by atoms with E-state index in [0.717, 1.165) is 5.69 Å². The number of rotatable bonds is 4. The van der Waals surface area contributed by atoms with Crippen molar-refractivity contribution in [2.24, 2.45) is 0 Å². The highest BCUT2D eigenvalue weighted by molar-refractivity contribution is 5.88. The minimum atomic E-state index is -0.433. The third-order valence-corrected chi connectivity index (χ3v) is 2.35. The van der Waals surface area contributed by atoms with Crippen molar-refractivity contribution in [2.75, 3.05) is 12.4 Å². The number of carbonyl (C=O) groups excluding carboxylic acids is 1. The van der Waals surface area contributed by atoms with E-state index < -0.39 is 5.97 Å². The Morgan fingerprint density at radius 2 is 1.89 bits per heavy atom. The number of aromatic nitrogens is 2. The number of esters is 1. The number of methoxy groups -OCH3 is 1. The minimum Gasteiger partial charge on any atom is -0.465 e. The molecule has 0 amide bonds. The van der Waals surface area contributed by atoms with E-state index >= 15 is 0 Å². The second-order valence-corrected chi connectivity index (χ2v) is 3.60. The summed E-state index contributed by atoms with van der Waals surface area (Å²) in [7, 11) is 1.33. The Bertz CT molecular complexity index is 512. The van der Waals surface area contributed by atoms with Crippen LogP contribution in [0.4, 0.5) is 5.69 Å². The summed E-state index contributed by atoms with van der Waals surface area (Å²) in [6.45, 7) is 0.505. The highest BCUT2D eigenvalue weighted by Crippen LogP contribution is 2.06. The smallest absolute Gasteiger partial charge is 0.341 e. The maximum absolute atomic E-state index is 11.2. The van der Waals surface area contributed by atoms with E-state index in [9.17, 15) is 4.79 Å². The quantitative estimate of drug-likeness (QED) is 0.830. The molecule has 1 N–H and O–H groups in total. The van der Waals surface area contributed by atoms with Gasteiger partial charge in [-0.1, -0.05) is 18.2 Å². The van der Waals surface area contributed by atoms with Crippen LogP contribution in [-0.2, 0) is 11.3 Å². The van der Waals surface area contributed by atoms with Gasteiger partial charge in [-0.2, -0.15) is 0 Å². The summed E-state index contributed by atoms with van der Waals surface area (Å²) < 4.78 is 4.57. The SMILES string of the molecule is COC(=O)c1cnc(CNc2ccccc2)nc1. The molecular formula is C13H13N3O2. The monoisotopic (exact) mass is 243 g/mol. The lowest BCUT2D eigenvalue weighted by molar-refractivity contribution is 0.0599. The minimum absolute atomic E-state index is 0.348. The highest BCUT2D eigenvalue weighted by Gasteiger charge is 2.06. The van der Waals surface area contributed by atoms with Crippen molar-refractivity contribution >= 4 is 11.7 Å². The van der Waals surface area contributed by atoms with Crippen molar-refractivity contribution in [2.45, 2.75) is 6.54 Å². The first-order valence-electron chi connectivity index (χ1n) is 5.48. The Morgan fingerprint density at radius 1 is 1.22 bits per heavy atom.